The molecular formula is C24H18N4O3. The van der Waals surface area contributed by atoms with Gasteiger partial charge in [-0.3, -0.25) is 4.79 Å². The third kappa shape index (κ3) is 3.57. The van der Waals surface area contributed by atoms with Gasteiger partial charge < -0.3 is 9.26 Å². The number of nitrogens with zero attached hydrogens (tertiary/aromatic N) is 4. The highest BCUT2D eigenvalue weighted by molar-refractivity contribution is 5.93. The zero-order valence-corrected chi connectivity index (χ0v) is 16.7. The average molecular weight is 410 g/mol. The van der Waals surface area contributed by atoms with Crippen LogP contribution in [-0.4, -0.2) is 27.0 Å². The summed E-state index contributed by atoms with van der Waals surface area (Å²) in [6.07, 6.45) is 0. The van der Waals surface area contributed by atoms with Crippen molar-refractivity contribution in [2.75, 3.05) is 7.11 Å². The molecule has 0 bridgehead atoms. The van der Waals surface area contributed by atoms with Crippen molar-refractivity contribution in [1.82, 2.24) is 19.9 Å². The van der Waals surface area contributed by atoms with Crippen LogP contribution >= 0.6 is 0 Å². The molecule has 7 nitrogen and oxygen atoms in total. The molecule has 0 radical (unpaired) electrons. The maximum Gasteiger partial charge on any atom is 0.275 e. The molecule has 2 aromatic heterocycles. The Bertz CT molecular complexity index is 1410. The van der Waals surface area contributed by atoms with Crippen LogP contribution in [0.4, 0.5) is 0 Å². The average Bonchev–Trinajstić information content (AvgIpc) is 3.30. The zero-order valence-electron chi connectivity index (χ0n) is 16.7. The lowest BCUT2D eigenvalue weighted by Gasteiger charge is -2.10. The highest BCUT2D eigenvalue weighted by Crippen LogP contribution is 2.26. The van der Waals surface area contributed by atoms with Gasteiger partial charge in [0.25, 0.3) is 5.56 Å². The summed E-state index contributed by atoms with van der Waals surface area (Å²) in [7, 11) is 1.62. The third-order valence-corrected chi connectivity index (χ3v) is 5.02. The minimum atomic E-state index is -0.215. The molecule has 2 heterocycles. The highest BCUT2D eigenvalue weighted by Gasteiger charge is 2.15. The van der Waals surface area contributed by atoms with E-state index in [2.05, 4.69) is 15.2 Å². The summed E-state index contributed by atoms with van der Waals surface area (Å²) in [6.45, 7) is 0.0760. The minimum absolute atomic E-state index is 0.0760. The van der Waals surface area contributed by atoms with Gasteiger partial charge in [0.2, 0.25) is 11.7 Å². The van der Waals surface area contributed by atoms with Crippen LogP contribution in [0.3, 0.4) is 0 Å². The maximum atomic E-state index is 13.1. The molecule has 5 aromatic rings. The van der Waals surface area contributed by atoms with Gasteiger partial charge in [-0.15, -0.1) is 0 Å². The number of aromatic nitrogens is 4. The molecule has 0 aliphatic heterocycles. The molecule has 0 atom stereocenters. The number of fused-ring (bicyclic) bond motifs is 1. The third-order valence-electron chi connectivity index (χ3n) is 5.02. The van der Waals surface area contributed by atoms with Gasteiger partial charge in [-0.25, -0.2) is 4.68 Å². The van der Waals surface area contributed by atoms with E-state index in [1.807, 2.05) is 72.8 Å². The predicted octanol–water partition coefficient (Wildman–Crippen LogP) is 4.17. The first-order valence-corrected chi connectivity index (χ1v) is 9.75. The first-order chi connectivity index (χ1) is 15.2. The van der Waals surface area contributed by atoms with Crippen molar-refractivity contribution in [2.24, 2.45) is 0 Å². The number of ether oxygens (including phenoxy) is 1. The lowest BCUT2D eigenvalue weighted by Crippen LogP contribution is -2.24. The monoisotopic (exact) mass is 410 g/mol. The second-order valence-corrected chi connectivity index (χ2v) is 6.96. The molecule has 0 unspecified atom stereocenters. The molecule has 0 N–H and O–H groups in total. The fraction of sp³-hybridized carbons (Fsp3) is 0.0833. The van der Waals surface area contributed by atoms with Crippen LogP contribution < -0.4 is 10.3 Å². The van der Waals surface area contributed by atoms with Gasteiger partial charge >= 0.3 is 0 Å². The van der Waals surface area contributed by atoms with Crippen molar-refractivity contribution in [1.29, 1.82) is 0 Å². The number of hydrogen-bond donors (Lipinski definition) is 0. The molecule has 5 rings (SSSR count). The normalized spacial score (nSPS) is 11.0. The highest BCUT2D eigenvalue weighted by atomic mass is 16.5. The summed E-state index contributed by atoms with van der Waals surface area (Å²) in [5.41, 5.74) is 2.20. The van der Waals surface area contributed by atoms with Crippen LogP contribution in [0.5, 0.6) is 5.75 Å². The standard InChI is InChI=1S/C24H18N4O3/c1-30-18-13-11-16(12-14-18)22-19-9-5-6-10-20(19)24(29)28(26-22)15-21-25-23(27-31-21)17-7-3-2-4-8-17/h2-14H,15H2,1H3. The summed E-state index contributed by atoms with van der Waals surface area (Å²) in [6, 6.07) is 24.5. The first kappa shape index (κ1) is 18.7. The van der Waals surface area contributed by atoms with E-state index in [4.69, 9.17) is 9.26 Å². The topological polar surface area (TPSA) is 83.0 Å². The van der Waals surface area contributed by atoms with E-state index in [9.17, 15) is 4.79 Å². The van der Waals surface area contributed by atoms with Crippen molar-refractivity contribution < 1.29 is 9.26 Å². The van der Waals surface area contributed by atoms with E-state index in [-0.39, 0.29) is 12.1 Å². The summed E-state index contributed by atoms with van der Waals surface area (Å²) >= 11 is 0. The van der Waals surface area contributed by atoms with E-state index in [1.54, 1.807) is 13.2 Å². The Balaban J connectivity index is 1.58. The predicted molar refractivity (Wildman–Crippen MR) is 117 cm³/mol. The van der Waals surface area contributed by atoms with Crippen LogP contribution in [-0.2, 0) is 6.54 Å². The van der Waals surface area contributed by atoms with Crippen molar-refractivity contribution in [3.8, 4) is 28.4 Å². The number of methoxy groups -OCH3 is 1. The number of benzene rings is 3. The van der Waals surface area contributed by atoms with Gasteiger partial charge in [0, 0.05) is 16.5 Å². The molecule has 7 heteroatoms. The fourth-order valence-corrected chi connectivity index (χ4v) is 3.46. The molecule has 0 fully saturated rings. The summed E-state index contributed by atoms with van der Waals surface area (Å²) in [4.78, 5) is 17.5. The molecule has 31 heavy (non-hydrogen) atoms. The van der Waals surface area contributed by atoms with Crippen LogP contribution in [0.25, 0.3) is 33.4 Å². The summed E-state index contributed by atoms with van der Waals surface area (Å²) in [5.74, 6) is 1.53. The Morgan fingerprint density at radius 1 is 0.871 bits per heavy atom. The molecule has 3 aromatic carbocycles. The molecule has 0 aliphatic rings. The van der Waals surface area contributed by atoms with Gasteiger partial charge in [0.15, 0.2) is 0 Å². The first-order valence-electron chi connectivity index (χ1n) is 9.75. The van der Waals surface area contributed by atoms with E-state index in [0.29, 0.717) is 22.8 Å². The van der Waals surface area contributed by atoms with Gasteiger partial charge in [-0.2, -0.15) is 10.1 Å². The fourth-order valence-electron chi connectivity index (χ4n) is 3.46. The molecular weight excluding hydrogens is 392 g/mol. The molecule has 0 saturated carbocycles. The number of rotatable bonds is 5. The second-order valence-electron chi connectivity index (χ2n) is 6.96. The van der Waals surface area contributed by atoms with Crippen LogP contribution in [0, 0.1) is 0 Å². The lowest BCUT2D eigenvalue weighted by atomic mass is 10.0. The minimum Gasteiger partial charge on any atom is -0.497 e. The van der Waals surface area contributed by atoms with Crippen LogP contribution in [0.1, 0.15) is 5.89 Å². The van der Waals surface area contributed by atoms with Gasteiger partial charge in [0.1, 0.15) is 12.3 Å². The largest absolute Gasteiger partial charge is 0.497 e. The second kappa shape index (κ2) is 7.87. The van der Waals surface area contributed by atoms with Gasteiger partial charge in [0.05, 0.1) is 18.2 Å². The van der Waals surface area contributed by atoms with E-state index in [0.717, 1.165) is 22.3 Å². The van der Waals surface area contributed by atoms with Crippen molar-refractivity contribution >= 4 is 10.8 Å². The lowest BCUT2D eigenvalue weighted by molar-refractivity contribution is 0.364. The summed E-state index contributed by atoms with van der Waals surface area (Å²) in [5, 5.41) is 10.0. The maximum absolute atomic E-state index is 13.1. The van der Waals surface area contributed by atoms with Crippen molar-refractivity contribution in [3.63, 3.8) is 0 Å². The van der Waals surface area contributed by atoms with Gasteiger partial charge in [-0.1, -0.05) is 53.7 Å². The molecule has 0 spiro atoms. The van der Waals surface area contributed by atoms with Crippen molar-refractivity contribution in [2.45, 2.75) is 6.54 Å². The van der Waals surface area contributed by atoms with E-state index in [1.165, 1.54) is 4.68 Å². The Hall–Kier alpha value is -4.26. The summed E-state index contributed by atoms with van der Waals surface area (Å²) < 4.78 is 12.0. The SMILES string of the molecule is COc1ccc(-c2nn(Cc3nc(-c4ccccc4)no3)c(=O)c3ccccc23)cc1. The molecule has 0 amide bonds. The smallest absolute Gasteiger partial charge is 0.275 e. The van der Waals surface area contributed by atoms with E-state index >= 15 is 0 Å². The Morgan fingerprint density at radius 3 is 2.32 bits per heavy atom. The van der Waals surface area contributed by atoms with Crippen LogP contribution in [0.15, 0.2) is 88.2 Å². The molecule has 0 aliphatic carbocycles. The van der Waals surface area contributed by atoms with Crippen molar-refractivity contribution in [3.05, 3.63) is 95.1 Å². The van der Waals surface area contributed by atoms with Crippen LogP contribution in [0.2, 0.25) is 0 Å². The Kier molecular flexibility index (Phi) is 4.76. The molecule has 0 saturated heterocycles. The van der Waals surface area contributed by atoms with Gasteiger partial charge in [-0.05, 0) is 30.3 Å². The quantitative estimate of drug-likeness (QED) is 0.432. The molecule has 152 valence electrons. The number of hydrogen-bond acceptors (Lipinski definition) is 6. The van der Waals surface area contributed by atoms with E-state index < -0.39 is 0 Å². The Labute approximate surface area is 177 Å². The zero-order chi connectivity index (χ0) is 21.2. The Morgan fingerprint density at radius 2 is 1.58 bits per heavy atom.